The minimum atomic E-state index is -3.15. The van der Waals surface area contributed by atoms with E-state index in [2.05, 4.69) is 72.0 Å². The molecule has 1 saturated carbocycles. The minimum Gasteiger partial charge on any atom is -0.493 e. The van der Waals surface area contributed by atoms with Gasteiger partial charge in [0.2, 0.25) is 10.0 Å². The lowest BCUT2D eigenvalue weighted by Crippen LogP contribution is -2.41. The molecule has 7 heteroatoms. The van der Waals surface area contributed by atoms with Gasteiger partial charge in [-0.1, -0.05) is 53.7 Å². The van der Waals surface area contributed by atoms with Crippen molar-refractivity contribution in [1.29, 1.82) is 0 Å². The minimum absolute atomic E-state index is 0.0192. The molecule has 5 unspecified atom stereocenters. The summed E-state index contributed by atoms with van der Waals surface area (Å²) in [6.45, 7) is 16.9. The molecule has 34 heavy (non-hydrogen) atoms. The van der Waals surface area contributed by atoms with Crippen LogP contribution in [0.2, 0.25) is 0 Å². The number of rotatable bonds is 9. The highest BCUT2D eigenvalue weighted by Gasteiger charge is 2.71. The Hall–Kier alpha value is -0.760. The van der Waals surface area contributed by atoms with Crippen molar-refractivity contribution in [3.63, 3.8) is 0 Å². The second-order valence-electron chi connectivity index (χ2n) is 11.7. The quantitative estimate of drug-likeness (QED) is 0.339. The predicted octanol–water partition coefficient (Wildman–Crippen LogP) is 5.78. The summed E-state index contributed by atoms with van der Waals surface area (Å²) < 4.78 is 34.0. The van der Waals surface area contributed by atoms with Crippen LogP contribution >= 0.6 is 11.8 Å². The molecule has 4 rings (SSSR count). The van der Waals surface area contributed by atoms with Gasteiger partial charge in [0.1, 0.15) is 5.75 Å². The van der Waals surface area contributed by atoms with Gasteiger partial charge in [0.25, 0.3) is 0 Å². The number of ether oxygens (including phenoxy) is 1. The van der Waals surface area contributed by atoms with Gasteiger partial charge in [-0.2, -0.15) is 4.31 Å². The molecule has 192 valence electrons. The molecule has 0 radical (unpaired) electrons. The van der Waals surface area contributed by atoms with Crippen molar-refractivity contribution in [1.82, 2.24) is 9.62 Å². The first kappa shape index (κ1) is 26.3. The first-order valence-corrected chi connectivity index (χ1v) is 15.5. The van der Waals surface area contributed by atoms with Gasteiger partial charge in [-0.25, -0.2) is 8.42 Å². The van der Waals surface area contributed by atoms with E-state index in [4.69, 9.17) is 4.74 Å². The maximum absolute atomic E-state index is 13.0. The molecule has 2 heterocycles. The first-order valence-electron chi connectivity index (χ1n) is 13.1. The van der Waals surface area contributed by atoms with E-state index in [-0.39, 0.29) is 10.8 Å². The van der Waals surface area contributed by atoms with Crippen molar-refractivity contribution in [2.75, 3.05) is 13.2 Å². The number of nitrogens with one attached hydrogen (secondary N) is 1. The fourth-order valence-electron chi connectivity index (χ4n) is 5.61. The molecule has 1 N–H and O–H groups in total. The molecule has 5 nitrogen and oxygen atoms in total. The number of nitrogens with zero attached hydrogens (tertiary/aromatic N) is 1. The molecule has 1 aliphatic carbocycles. The van der Waals surface area contributed by atoms with Crippen LogP contribution in [-0.4, -0.2) is 47.4 Å². The maximum Gasteiger partial charge on any atom is 0.235 e. The highest BCUT2D eigenvalue weighted by atomic mass is 32.2. The van der Waals surface area contributed by atoms with Crippen molar-refractivity contribution >= 4 is 21.8 Å². The molecule has 1 aromatic carbocycles. The number of fused-ring (bicyclic) bond motifs is 1. The molecule has 1 spiro atoms. The average Bonchev–Trinajstić information content (AvgIpc) is 3.04. The topological polar surface area (TPSA) is 58.4 Å². The molecule has 2 aliphatic heterocycles. The largest absolute Gasteiger partial charge is 0.493 e. The zero-order valence-corrected chi connectivity index (χ0v) is 23.7. The Bertz CT molecular complexity index is 1010. The summed E-state index contributed by atoms with van der Waals surface area (Å²) in [5.41, 5.74) is 2.75. The highest BCUT2D eigenvalue weighted by Crippen LogP contribution is 2.56. The lowest BCUT2D eigenvalue weighted by Gasteiger charge is -2.30. The monoisotopic (exact) mass is 508 g/mol. The first-order chi connectivity index (χ1) is 15.9. The summed E-state index contributed by atoms with van der Waals surface area (Å²) in [4.78, 5) is -0.615. The third-order valence-electron chi connectivity index (χ3n) is 8.86. The van der Waals surface area contributed by atoms with Crippen molar-refractivity contribution in [3.05, 3.63) is 29.3 Å². The zero-order valence-electron chi connectivity index (χ0n) is 22.1. The third kappa shape index (κ3) is 4.55. The number of benzene rings is 1. The number of hydrogen-bond donors (Lipinski definition) is 1. The van der Waals surface area contributed by atoms with E-state index in [9.17, 15) is 8.42 Å². The summed E-state index contributed by atoms with van der Waals surface area (Å²) in [7, 11) is -3.15. The molecule has 3 aliphatic rings. The van der Waals surface area contributed by atoms with Crippen LogP contribution < -0.4 is 10.1 Å². The molecule has 5 atom stereocenters. The van der Waals surface area contributed by atoms with Gasteiger partial charge in [0, 0.05) is 23.4 Å². The van der Waals surface area contributed by atoms with Crippen molar-refractivity contribution < 1.29 is 13.2 Å². The second-order valence-corrected chi connectivity index (χ2v) is 15.5. The highest BCUT2D eigenvalue weighted by molar-refractivity contribution is 8.01. The fourth-order valence-corrected chi connectivity index (χ4v) is 9.59. The second kappa shape index (κ2) is 9.28. The summed E-state index contributed by atoms with van der Waals surface area (Å²) >= 11 is 1.90. The molecule has 1 aromatic rings. The van der Waals surface area contributed by atoms with E-state index in [1.54, 1.807) is 4.31 Å². The Morgan fingerprint density at radius 3 is 2.56 bits per heavy atom. The summed E-state index contributed by atoms with van der Waals surface area (Å²) in [6.07, 6.45) is 5.28. The van der Waals surface area contributed by atoms with Crippen molar-refractivity contribution in [2.45, 2.75) is 119 Å². The predicted molar refractivity (Wildman–Crippen MR) is 143 cm³/mol. The Morgan fingerprint density at radius 1 is 1.18 bits per heavy atom. The Kier molecular flexibility index (Phi) is 7.18. The smallest absolute Gasteiger partial charge is 0.235 e. The van der Waals surface area contributed by atoms with Gasteiger partial charge >= 0.3 is 0 Å². The maximum atomic E-state index is 13.0. The lowest BCUT2D eigenvalue weighted by molar-refractivity contribution is 0.254. The Labute approximate surface area is 211 Å². The normalized spacial score (nSPS) is 32.6. The van der Waals surface area contributed by atoms with Crippen LogP contribution in [0.25, 0.3) is 0 Å². The van der Waals surface area contributed by atoms with Gasteiger partial charge in [0.15, 0.2) is 4.87 Å². The number of sulfonamides is 1. The standard InChI is InChI=1S/C27H44N2O3S2/c1-8-25(4,5)20-11-12-23(21(17-20)26(6,7)9-2)32-16-10-15-29-27(34(29,30)31)14-13-22-24(18-27)33-19(3)28-22/h11-12,17,19,22,24,28H,8-10,13-16,18H2,1-7H3. The Morgan fingerprint density at radius 2 is 1.88 bits per heavy atom. The van der Waals surface area contributed by atoms with Gasteiger partial charge in [-0.3, -0.25) is 0 Å². The molecular formula is C27H44N2O3S2. The van der Waals surface area contributed by atoms with Crippen LogP contribution in [0.3, 0.4) is 0 Å². The molecule has 0 bridgehead atoms. The van der Waals surface area contributed by atoms with Gasteiger partial charge in [-0.15, -0.1) is 11.8 Å². The fraction of sp³-hybridized carbons (Fsp3) is 0.778. The van der Waals surface area contributed by atoms with Gasteiger partial charge < -0.3 is 10.1 Å². The van der Waals surface area contributed by atoms with Crippen LogP contribution in [0.1, 0.15) is 98.1 Å². The molecular weight excluding hydrogens is 464 g/mol. The van der Waals surface area contributed by atoms with Crippen LogP contribution in [0, 0.1) is 0 Å². The Balaban J connectivity index is 1.39. The molecule has 3 fully saturated rings. The van der Waals surface area contributed by atoms with Crippen LogP contribution in [0.15, 0.2) is 18.2 Å². The SMILES string of the molecule is CCC(C)(C)c1ccc(OCCCN2C3(CCC4NC(C)SC4C3)S2(=O)=O)c(C(C)(C)CC)c1. The van der Waals surface area contributed by atoms with Crippen LogP contribution in [0.4, 0.5) is 0 Å². The van der Waals surface area contributed by atoms with E-state index in [1.165, 1.54) is 11.1 Å². The van der Waals surface area contributed by atoms with E-state index in [0.29, 0.717) is 36.2 Å². The molecule has 0 amide bonds. The van der Waals surface area contributed by atoms with Gasteiger partial charge in [0.05, 0.1) is 12.0 Å². The zero-order chi connectivity index (χ0) is 24.9. The van der Waals surface area contributed by atoms with Gasteiger partial charge in [-0.05, 0) is 67.9 Å². The van der Waals surface area contributed by atoms with E-state index < -0.39 is 14.9 Å². The average molecular weight is 509 g/mol. The number of hydrogen-bond acceptors (Lipinski definition) is 5. The van der Waals surface area contributed by atoms with Crippen molar-refractivity contribution in [2.24, 2.45) is 0 Å². The summed E-state index contributed by atoms with van der Waals surface area (Å²) in [5.74, 6) is 0.939. The molecule has 2 saturated heterocycles. The van der Waals surface area contributed by atoms with Crippen LogP contribution in [-0.2, 0) is 20.9 Å². The van der Waals surface area contributed by atoms with Crippen molar-refractivity contribution in [3.8, 4) is 5.75 Å². The van der Waals surface area contributed by atoms with E-state index >= 15 is 0 Å². The summed E-state index contributed by atoms with van der Waals surface area (Å²) in [5, 5.41) is 4.43. The number of thioether (sulfide) groups is 1. The lowest BCUT2D eigenvalue weighted by atomic mass is 9.76. The molecule has 0 aromatic heterocycles. The van der Waals surface area contributed by atoms with E-state index in [1.807, 2.05) is 11.8 Å². The summed E-state index contributed by atoms with van der Waals surface area (Å²) in [6, 6.07) is 7.12. The van der Waals surface area contributed by atoms with E-state index in [0.717, 1.165) is 37.9 Å². The van der Waals surface area contributed by atoms with Crippen LogP contribution in [0.5, 0.6) is 5.75 Å². The third-order valence-corrected chi connectivity index (χ3v) is 12.7.